The van der Waals surface area contributed by atoms with Crippen molar-refractivity contribution in [1.29, 1.82) is 5.41 Å². The molecule has 3 heterocycles. The largest absolute Gasteiger partial charge is 0.486 e. The number of amides is 1. The van der Waals surface area contributed by atoms with Gasteiger partial charge >= 0.3 is 6.09 Å². The van der Waals surface area contributed by atoms with Crippen LogP contribution < -0.4 is 10.5 Å². The number of rotatable bonds is 6. The van der Waals surface area contributed by atoms with Gasteiger partial charge in [-0.1, -0.05) is 29.3 Å². The summed E-state index contributed by atoms with van der Waals surface area (Å²) in [5, 5.41) is 9.72. The first-order valence-corrected chi connectivity index (χ1v) is 14.6. The molecule has 0 bridgehead atoms. The summed E-state index contributed by atoms with van der Waals surface area (Å²) in [5.41, 5.74) is 10.2. The molecule has 0 spiro atoms. The Bertz CT molecular complexity index is 1620. The zero-order valence-corrected chi connectivity index (χ0v) is 25.5. The third-order valence-corrected chi connectivity index (χ3v) is 7.87. The summed E-state index contributed by atoms with van der Waals surface area (Å²) >= 11 is 12.6. The van der Waals surface area contributed by atoms with Crippen LogP contribution in [-0.4, -0.2) is 50.3 Å². The second-order valence-corrected chi connectivity index (χ2v) is 12.3. The number of benzene rings is 2. The molecule has 0 radical (unpaired) electrons. The summed E-state index contributed by atoms with van der Waals surface area (Å²) in [5.74, 6) is 1.23. The van der Waals surface area contributed by atoms with Crippen molar-refractivity contribution in [2.75, 3.05) is 18.8 Å². The lowest BCUT2D eigenvalue weighted by Gasteiger charge is -2.33. The molecule has 0 saturated carbocycles. The number of nitrogen functional groups attached to an aromatic ring is 1. The van der Waals surface area contributed by atoms with Crippen molar-refractivity contribution in [1.82, 2.24) is 19.9 Å². The minimum absolute atomic E-state index is 0.147. The number of anilines is 1. The normalized spacial score (nSPS) is 15.0. The fourth-order valence-corrected chi connectivity index (χ4v) is 5.82. The van der Waals surface area contributed by atoms with Crippen LogP contribution in [0.15, 0.2) is 48.8 Å². The molecule has 1 atom stereocenters. The highest BCUT2D eigenvalue weighted by molar-refractivity contribution is 6.35. The number of fused-ring (bicyclic) bond motifs is 1. The van der Waals surface area contributed by atoms with Gasteiger partial charge in [0.05, 0.1) is 21.1 Å². The minimum atomic E-state index is -0.509. The molecule has 9 nitrogen and oxygen atoms in total. The van der Waals surface area contributed by atoms with Crippen LogP contribution in [0.4, 0.5) is 10.5 Å². The third-order valence-electron chi connectivity index (χ3n) is 7.26. The summed E-state index contributed by atoms with van der Waals surface area (Å²) in [6.07, 6.45) is 4.01. The second-order valence-electron chi connectivity index (χ2n) is 11.5. The molecule has 2 aromatic heterocycles. The highest BCUT2D eigenvalue weighted by Crippen LogP contribution is 2.34. The van der Waals surface area contributed by atoms with Gasteiger partial charge in [-0.05, 0) is 82.3 Å². The minimum Gasteiger partial charge on any atom is -0.486 e. The van der Waals surface area contributed by atoms with Gasteiger partial charge in [-0.3, -0.25) is 10.4 Å². The number of aromatic nitrogens is 3. The number of hydrogen-bond acceptors (Lipinski definition) is 7. The predicted octanol–water partition coefficient (Wildman–Crippen LogP) is 7.52. The number of nitrogens with two attached hydrogens (primary N) is 1. The average molecular weight is 610 g/mol. The number of hydrogen-bond donors (Lipinski definition) is 3. The molecule has 1 saturated heterocycles. The number of imidazole rings is 1. The molecule has 1 aliphatic rings. The summed E-state index contributed by atoms with van der Waals surface area (Å²) < 4.78 is 11.6. The van der Waals surface area contributed by atoms with Crippen LogP contribution in [0, 0.1) is 5.41 Å². The number of carbonyl (C=O) groups excluding carboxylic acids is 1. The van der Waals surface area contributed by atoms with Crippen molar-refractivity contribution in [3.63, 3.8) is 0 Å². The van der Waals surface area contributed by atoms with E-state index in [-0.39, 0.29) is 11.8 Å². The first kappa shape index (κ1) is 29.7. The quantitative estimate of drug-likeness (QED) is 0.153. The standard InChI is InChI=1S/C31H34Cl2N6O3/c1-17(27-22(32)15-36-16-23(27)33)41-20-6-7-24(34)21(14-20)28(35)29-37-25-8-5-19(13-26(25)38-29)18-9-11-39(12-10-18)30(40)42-31(2,3)4/h5-8,13-18,35H,9-12,34H2,1-4H3,(H,37,38). The van der Waals surface area contributed by atoms with E-state index < -0.39 is 11.7 Å². The number of H-pyrrole nitrogens is 1. The van der Waals surface area contributed by atoms with Gasteiger partial charge in [0.25, 0.3) is 0 Å². The van der Waals surface area contributed by atoms with E-state index in [0.29, 0.717) is 57.4 Å². The van der Waals surface area contributed by atoms with Gasteiger partial charge < -0.3 is 25.1 Å². The second kappa shape index (κ2) is 11.8. The van der Waals surface area contributed by atoms with Crippen LogP contribution in [0.5, 0.6) is 5.75 Å². The van der Waals surface area contributed by atoms with Crippen LogP contribution in [0.1, 0.15) is 75.1 Å². The van der Waals surface area contributed by atoms with Crippen molar-refractivity contribution in [2.45, 2.75) is 58.2 Å². The summed E-state index contributed by atoms with van der Waals surface area (Å²) in [4.78, 5) is 26.2. The average Bonchev–Trinajstić information content (AvgIpc) is 3.36. The van der Waals surface area contributed by atoms with Crippen LogP contribution in [0.2, 0.25) is 10.0 Å². The van der Waals surface area contributed by atoms with E-state index in [0.717, 1.165) is 23.9 Å². The molecule has 4 aromatic rings. The number of aromatic amines is 1. The lowest BCUT2D eigenvalue weighted by atomic mass is 9.89. The molecule has 4 N–H and O–H groups in total. The maximum Gasteiger partial charge on any atom is 0.410 e. The van der Waals surface area contributed by atoms with E-state index in [2.05, 4.69) is 27.1 Å². The van der Waals surface area contributed by atoms with Gasteiger partial charge in [0, 0.05) is 42.3 Å². The third kappa shape index (κ3) is 6.47. The molecule has 11 heteroatoms. The number of nitrogens with zero attached hydrogens (tertiary/aromatic N) is 3. The Labute approximate surface area is 254 Å². The highest BCUT2D eigenvalue weighted by atomic mass is 35.5. The lowest BCUT2D eigenvalue weighted by Crippen LogP contribution is -2.41. The Morgan fingerprint density at radius 1 is 1.12 bits per heavy atom. The van der Waals surface area contributed by atoms with Crippen molar-refractivity contribution in [3.05, 3.63) is 81.4 Å². The Balaban J connectivity index is 1.30. The fourth-order valence-electron chi connectivity index (χ4n) is 5.15. The van der Waals surface area contributed by atoms with E-state index in [1.165, 1.54) is 18.0 Å². The SMILES string of the molecule is CC(Oc1ccc(N)c(C(=N)c2nc3ccc(C4CCN(C(=O)OC(C)(C)C)CC4)cc3[nH]2)c1)c1c(Cl)cncc1Cl. The van der Waals surface area contributed by atoms with Gasteiger partial charge in [-0.25, -0.2) is 9.78 Å². The molecule has 42 heavy (non-hydrogen) atoms. The molecule has 220 valence electrons. The predicted molar refractivity (Wildman–Crippen MR) is 166 cm³/mol. The van der Waals surface area contributed by atoms with E-state index >= 15 is 0 Å². The molecule has 1 amide bonds. The monoisotopic (exact) mass is 608 g/mol. The van der Waals surface area contributed by atoms with E-state index in [1.54, 1.807) is 23.1 Å². The number of carbonyl (C=O) groups is 1. The van der Waals surface area contributed by atoms with Gasteiger partial charge in [-0.2, -0.15) is 0 Å². The zero-order valence-electron chi connectivity index (χ0n) is 24.0. The maximum atomic E-state index is 12.4. The van der Waals surface area contributed by atoms with Crippen LogP contribution in [0.3, 0.4) is 0 Å². The van der Waals surface area contributed by atoms with E-state index in [9.17, 15) is 4.79 Å². The Hall–Kier alpha value is -3.82. The summed E-state index contributed by atoms with van der Waals surface area (Å²) in [6.45, 7) is 8.76. The number of likely N-dealkylation sites (tertiary alicyclic amines) is 1. The molecular weight excluding hydrogens is 575 g/mol. The van der Waals surface area contributed by atoms with Gasteiger partial charge in [0.15, 0.2) is 5.82 Å². The van der Waals surface area contributed by atoms with Gasteiger partial charge in [0.2, 0.25) is 0 Å². The topological polar surface area (TPSA) is 130 Å². The first-order chi connectivity index (χ1) is 19.9. The van der Waals surface area contributed by atoms with E-state index in [1.807, 2.05) is 33.8 Å². The van der Waals surface area contributed by atoms with Crippen molar-refractivity contribution < 1.29 is 14.3 Å². The molecule has 0 aliphatic carbocycles. The van der Waals surface area contributed by atoms with Crippen LogP contribution in [0.25, 0.3) is 11.0 Å². The van der Waals surface area contributed by atoms with Crippen molar-refractivity contribution in [2.24, 2.45) is 0 Å². The summed E-state index contributed by atoms with van der Waals surface area (Å²) in [7, 11) is 0. The van der Waals surface area contributed by atoms with Crippen LogP contribution in [-0.2, 0) is 4.74 Å². The molecular formula is C31H34Cl2N6O3. The Morgan fingerprint density at radius 2 is 1.81 bits per heavy atom. The molecule has 2 aromatic carbocycles. The van der Waals surface area contributed by atoms with Crippen molar-refractivity contribution in [3.8, 4) is 5.75 Å². The first-order valence-electron chi connectivity index (χ1n) is 13.8. The molecule has 1 unspecified atom stereocenters. The smallest absolute Gasteiger partial charge is 0.410 e. The Kier molecular flexibility index (Phi) is 8.35. The number of halogens is 2. The fraction of sp³-hybridized carbons (Fsp3) is 0.355. The molecule has 1 aliphatic heterocycles. The Morgan fingerprint density at radius 3 is 2.48 bits per heavy atom. The molecule has 5 rings (SSSR count). The highest BCUT2D eigenvalue weighted by Gasteiger charge is 2.28. The van der Waals surface area contributed by atoms with E-state index in [4.69, 9.17) is 43.8 Å². The lowest BCUT2D eigenvalue weighted by molar-refractivity contribution is 0.0205. The molecule has 1 fully saturated rings. The van der Waals surface area contributed by atoms with Gasteiger partial charge in [-0.15, -0.1) is 0 Å². The number of nitrogens with one attached hydrogen (secondary N) is 2. The number of piperidine rings is 1. The number of ether oxygens (including phenoxy) is 2. The van der Waals surface area contributed by atoms with Gasteiger partial charge in [0.1, 0.15) is 23.2 Å². The summed E-state index contributed by atoms with van der Waals surface area (Å²) in [6, 6.07) is 11.3. The zero-order chi connectivity index (χ0) is 30.2. The van der Waals surface area contributed by atoms with Crippen molar-refractivity contribution >= 4 is 51.7 Å². The number of pyridine rings is 1. The maximum absolute atomic E-state index is 12.4. The van der Waals surface area contributed by atoms with Crippen LogP contribution >= 0.6 is 23.2 Å².